The van der Waals surface area contributed by atoms with Crippen LogP contribution in [0.1, 0.15) is 37.3 Å². The van der Waals surface area contributed by atoms with Crippen LogP contribution in [0.25, 0.3) is 11.5 Å². The quantitative estimate of drug-likeness (QED) is 0.456. The first-order valence-corrected chi connectivity index (χ1v) is 13.1. The molecule has 2 unspecified atom stereocenters. The zero-order valence-corrected chi connectivity index (χ0v) is 21.0. The average Bonchev–Trinajstić information content (AvgIpc) is 3.29. The molecular weight excluding hydrogens is 466 g/mol. The Morgan fingerprint density at radius 3 is 2.60 bits per heavy atom. The van der Waals surface area contributed by atoms with Gasteiger partial charge >= 0.3 is 0 Å². The molecule has 1 fully saturated rings. The lowest BCUT2D eigenvalue weighted by Crippen LogP contribution is -2.35. The van der Waals surface area contributed by atoms with Gasteiger partial charge in [-0.05, 0) is 43.2 Å². The van der Waals surface area contributed by atoms with Gasteiger partial charge in [-0.1, -0.05) is 37.3 Å². The van der Waals surface area contributed by atoms with Gasteiger partial charge < -0.3 is 15.5 Å². The molecule has 1 aliphatic rings. The number of nitrogens with two attached hydrogens (primary N) is 1. The van der Waals surface area contributed by atoms with Gasteiger partial charge in [0.05, 0.1) is 17.4 Å². The van der Waals surface area contributed by atoms with Crippen molar-refractivity contribution in [1.29, 1.82) is 5.26 Å². The van der Waals surface area contributed by atoms with Crippen LogP contribution in [-0.4, -0.2) is 43.4 Å². The third-order valence-electron chi connectivity index (χ3n) is 6.29. The number of nitrogens with zero attached hydrogens (tertiary/aromatic N) is 5. The second-order valence-electron chi connectivity index (χ2n) is 9.44. The van der Waals surface area contributed by atoms with Gasteiger partial charge in [-0.15, -0.1) is 10.2 Å². The number of pyridine rings is 1. The van der Waals surface area contributed by atoms with Crippen LogP contribution in [0, 0.1) is 23.2 Å². The molecule has 0 radical (unpaired) electrons. The van der Waals surface area contributed by atoms with Crippen LogP contribution in [0.3, 0.4) is 0 Å². The molecule has 184 valence electrons. The Morgan fingerprint density at radius 1 is 1.31 bits per heavy atom. The van der Waals surface area contributed by atoms with Gasteiger partial charge in [0.25, 0.3) is 0 Å². The van der Waals surface area contributed by atoms with E-state index in [0.717, 1.165) is 22.5 Å². The summed E-state index contributed by atoms with van der Waals surface area (Å²) in [6.07, 6.45) is 2.64. The van der Waals surface area contributed by atoms with Crippen molar-refractivity contribution in [2.24, 2.45) is 17.6 Å². The van der Waals surface area contributed by atoms with E-state index >= 15 is 0 Å². The lowest BCUT2D eigenvalue weighted by Gasteiger charge is -2.20. The van der Waals surface area contributed by atoms with Gasteiger partial charge in [0.2, 0.25) is 21.8 Å². The Hall–Kier alpha value is -3.49. The third kappa shape index (κ3) is 5.44. The van der Waals surface area contributed by atoms with Crippen molar-refractivity contribution in [3.63, 3.8) is 0 Å². The van der Waals surface area contributed by atoms with Gasteiger partial charge in [0, 0.05) is 13.6 Å². The van der Waals surface area contributed by atoms with Crippen LogP contribution in [0.15, 0.2) is 40.8 Å². The molecule has 4 rings (SSSR count). The zero-order valence-electron chi connectivity index (χ0n) is 20.2. The number of nitriles is 1. The Labute approximate surface area is 205 Å². The molecule has 0 aliphatic heterocycles. The lowest BCUT2D eigenvalue weighted by atomic mass is 9.94. The van der Waals surface area contributed by atoms with E-state index in [4.69, 9.17) is 10.2 Å². The normalized spacial score (nSPS) is 19.0. The van der Waals surface area contributed by atoms with E-state index in [2.05, 4.69) is 33.5 Å². The molecule has 3 atom stereocenters. The van der Waals surface area contributed by atoms with E-state index in [1.807, 2.05) is 30.3 Å². The third-order valence-corrected chi connectivity index (χ3v) is 7.46. The highest BCUT2D eigenvalue weighted by molar-refractivity contribution is 7.92. The van der Waals surface area contributed by atoms with Crippen molar-refractivity contribution in [2.45, 2.75) is 32.2 Å². The molecule has 0 spiro atoms. The monoisotopic (exact) mass is 495 g/mol. The van der Waals surface area contributed by atoms with Gasteiger partial charge in [0.15, 0.2) is 5.82 Å². The lowest BCUT2D eigenvalue weighted by molar-refractivity contribution is 0.355. The van der Waals surface area contributed by atoms with E-state index in [1.165, 1.54) is 7.05 Å². The summed E-state index contributed by atoms with van der Waals surface area (Å²) in [5.41, 5.74) is 6.88. The van der Waals surface area contributed by atoms with Crippen molar-refractivity contribution in [1.82, 2.24) is 15.2 Å². The summed E-state index contributed by atoms with van der Waals surface area (Å²) in [6, 6.07) is 13.4. The number of anilines is 2. The number of hydrogen-bond acceptors (Lipinski definition) is 9. The van der Waals surface area contributed by atoms with Crippen LogP contribution in [0.5, 0.6) is 0 Å². The largest absolute Gasteiger partial charge is 0.419 e. The Kier molecular flexibility index (Phi) is 6.53. The van der Waals surface area contributed by atoms with E-state index in [-0.39, 0.29) is 28.7 Å². The van der Waals surface area contributed by atoms with Crippen molar-refractivity contribution in [3.8, 4) is 17.5 Å². The fourth-order valence-electron chi connectivity index (χ4n) is 3.86. The topological polar surface area (TPSA) is 151 Å². The molecule has 1 saturated carbocycles. The van der Waals surface area contributed by atoms with Gasteiger partial charge in [-0.3, -0.25) is 4.31 Å². The second kappa shape index (κ2) is 9.28. The minimum atomic E-state index is -3.68. The molecule has 2 aromatic heterocycles. The number of hydrogen-bond donors (Lipinski definition) is 2. The average molecular weight is 496 g/mol. The van der Waals surface area contributed by atoms with Gasteiger partial charge in [-0.2, -0.15) is 5.26 Å². The van der Waals surface area contributed by atoms with Crippen molar-refractivity contribution < 1.29 is 12.8 Å². The Morgan fingerprint density at radius 2 is 2.00 bits per heavy atom. The second-order valence-corrected chi connectivity index (χ2v) is 11.5. The maximum absolute atomic E-state index is 12.3. The smallest absolute Gasteiger partial charge is 0.249 e. The summed E-state index contributed by atoms with van der Waals surface area (Å²) in [4.78, 5) is 4.43. The molecule has 2 heterocycles. The van der Waals surface area contributed by atoms with E-state index in [1.54, 1.807) is 13.0 Å². The van der Waals surface area contributed by atoms with Crippen LogP contribution in [-0.2, 0) is 22.0 Å². The predicted octanol–water partition coefficient (Wildman–Crippen LogP) is 2.88. The van der Waals surface area contributed by atoms with Gasteiger partial charge in [-0.25, -0.2) is 13.4 Å². The maximum atomic E-state index is 12.3. The molecule has 3 aromatic rings. The molecule has 35 heavy (non-hydrogen) atoms. The van der Waals surface area contributed by atoms with E-state index in [0.29, 0.717) is 30.6 Å². The predicted molar refractivity (Wildman–Crippen MR) is 133 cm³/mol. The molecule has 3 N–H and O–H groups in total. The molecule has 0 bridgehead atoms. The first-order chi connectivity index (χ1) is 16.5. The Balaban J connectivity index is 1.74. The summed E-state index contributed by atoms with van der Waals surface area (Å²) in [7, 11) is -2.33. The molecule has 11 heteroatoms. The summed E-state index contributed by atoms with van der Waals surface area (Å²) in [6.45, 7) is 4.66. The summed E-state index contributed by atoms with van der Waals surface area (Å²) >= 11 is 0. The van der Waals surface area contributed by atoms with Crippen molar-refractivity contribution in [2.75, 3.05) is 29.5 Å². The van der Waals surface area contributed by atoms with E-state index < -0.39 is 15.6 Å². The van der Waals surface area contributed by atoms with E-state index in [9.17, 15) is 13.7 Å². The molecule has 0 amide bonds. The first-order valence-electron chi connectivity index (χ1n) is 11.3. The molecule has 0 saturated heterocycles. The number of sulfonamides is 1. The number of nitrogens with one attached hydrogen (secondary N) is 1. The SMILES string of the molecule is CC1CC1CNc1cc(-c2nnc([C@@](C)(N)Cc3ccccc3)o2)c(C#N)c(N(C)S(C)(=O)=O)n1. The van der Waals surface area contributed by atoms with Crippen molar-refractivity contribution in [3.05, 3.63) is 53.4 Å². The molecule has 1 aliphatic carbocycles. The van der Waals surface area contributed by atoms with Crippen LogP contribution < -0.4 is 15.4 Å². The minimum absolute atomic E-state index is 0.0141. The summed E-state index contributed by atoms with van der Waals surface area (Å²) in [5, 5.41) is 21.5. The number of aromatic nitrogens is 3. The zero-order chi connectivity index (χ0) is 25.4. The Bertz CT molecular complexity index is 1360. The van der Waals surface area contributed by atoms with Crippen LogP contribution in [0.2, 0.25) is 0 Å². The van der Waals surface area contributed by atoms with Crippen molar-refractivity contribution >= 4 is 21.7 Å². The fraction of sp³-hybridized carbons (Fsp3) is 0.417. The van der Waals surface area contributed by atoms with Gasteiger partial charge in [0.1, 0.15) is 17.5 Å². The van der Waals surface area contributed by atoms with Crippen LogP contribution >= 0.6 is 0 Å². The fourth-order valence-corrected chi connectivity index (χ4v) is 4.31. The molecular formula is C24H29N7O3S. The highest BCUT2D eigenvalue weighted by Crippen LogP contribution is 2.38. The maximum Gasteiger partial charge on any atom is 0.249 e. The molecule has 10 nitrogen and oxygen atoms in total. The summed E-state index contributed by atoms with van der Waals surface area (Å²) in [5.74, 6) is 1.83. The first kappa shape index (κ1) is 24.6. The summed E-state index contributed by atoms with van der Waals surface area (Å²) < 4.78 is 31.5. The number of rotatable bonds is 9. The highest BCUT2D eigenvalue weighted by Gasteiger charge is 2.33. The highest BCUT2D eigenvalue weighted by atomic mass is 32.2. The minimum Gasteiger partial charge on any atom is -0.419 e. The number of benzene rings is 1. The van der Waals surface area contributed by atoms with Crippen LogP contribution in [0.4, 0.5) is 11.6 Å². The standard InChI is InChI=1S/C24H29N7O3S/c1-15-10-17(15)14-27-20-11-18(19(13-25)21(28-20)31(3)35(4,32)33)22-29-30-23(34-22)24(2,26)12-16-8-6-5-7-9-16/h5-9,11,15,17H,10,12,14,26H2,1-4H3,(H,27,28)/t15?,17?,24-/m0/s1. The molecule has 1 aromatic carbocycles.